The highest BCUT2D eigenvalue weighted by Gasteiger charge is 2.24. The summed E-state index contributed by atoms with van der Waals surface area (Å²) in [5, 5.41) is 3.55. The molecule has 1 aromatic heterocycles. The predicted molar refractivity (Wildman–Crippen MR) is 79.2 cm³/mol. The molecule has 4 heteroatoms. The third-order valence-corrected chi connectivity index (χ3v) is 3.87. The van der Waals surface area contributed by atoms with Gasteiger partial charge >= 0.3 is 0 Å². The summed E-state index contributed by atoms with van der Waals surface area (Å²) < 4.78 is 2.33. The monoisotopic (exact) mass is 264 g/mol. The topological polar surface area (TPSA) is 33.1 Å². The van der Waals surface area contributed by atoms with E-state index in [2.05, 4.69) is 47.5 Å². The summed E-state index contributed by atoms with van der Waals surface area (Å²) in [6.45, 7) is 12.1. The highest BCUT2D eigenvalue weighted by Crippen LogP contribution is 2.35. The summed E-state index contributed by atoms with van der Waals surface area (Å²) in [5.41, 5.74) is 1.32. The zero-order valence-corrected chi connectivity index (χ0v) is 12.8. The smallest absolute Gasteiger partial charge is 0.0951 e. The van der Waals surface area contributed by atoms with Gasteiger partial charge in [-0.25, -0.2) is 4.98 Å². The summed E-state index contributed by atoms with van der Waals surface area (Å²) in [7, 11) is 0. The van der Waals surface area contributed by atoms with Crippen LogP contribution in [0.2, 0.25) is 0 Å². The highest BCUT2D eigenvalue weighted by molar-refractivity contribution is 5.03. The van der Waals surface area contributed by atoms with Gasteiger partial charge in [0.25, 0.3) is 0 Å². The minimum absolute atomic E-state index is 0.610. The third kappa shape index (κ3) is 4.05. The van der Waals surface area contributed by atoms with Gasteiger partial charge in [0, 0.05) is 44.0 Å². The van der Waals surface area contributed by atoms with Gasteiger partial charge < -0.3 is 9.88 Å². The molecule has 1 heterocycles. The van der Waals surface area contributed by atoms with Gasteiger partial charge in [0.15, 0.2) is 0 Å². The van der Waals surface area contributed by atoms with Crippen LogP contribution in [0.4, 0.5) is 0 Å². The fraction of sp³-hybridized carbons (Fsp3) is 0.800. The number of rotatable bonds is 8. The molecule has 2 rings (SSSR count). The Morgan fingerprint density at radius 3 is 2.58 bits per heavy atom. The Labute approximate surface area is 117 Å². The van der Waals surface area contributed by atoms with Gasteiger partial charge in [0.1, 0.15) is 0 Å². The molecule has 0 saturated heterocycles. The van der Waals surface area contributed by atoms with Gasteiger partial charge in [-0.1, -0.05) is 0 Å². The second-order valence-corrected chi connectivity index (χ2v) is 6.13. The molecule has 0 atom stereocenters. The lowest BCUT2D eigenvalue weighted by Crippen LogP contribution is -2.41. The maximum atomic E-state index is 4.27. The minimum Gasteiger partial charge on any atom is -0.330 e. The molecule has 0 bridgehead atoms. The van der Waals surface area contributed by atoms with E-state index in [0.717, 1.165) is 25.7 Å². The van der Waals surface area contributed by atoms with Gasteiger partial charge in [0.05, 0.1) is 12.0 Å². The van der Waals surface area contributed by atoms with E-state index in [9.17, 15) is 0 Å². The molecule has 1 N–H and O–H groups in total. The second kappa shape index (κ2) is 6.53. The number of nitrogens with zero attached hydrogens (tertiary/aromatic N) is 3. The van der Waals surface area contributed by atoms with Crippen molar-refractivity contribution < 1.29 is 0 Å². The van der Waals surface area contributed by atoms with E-state index in [4.69, 9.17) is 0 Å². The zero-order chi connectivity index (χ0) is 13.8. The molecule has 0 spiro atoms. The molecule has 0 aliphatic heterocycles. The lowest BCUT2D eigenvalue weighted by Gasteiger charge is -2.30. The Bertz CT molecular complexity index is 371. The van der Waals surface area contributed by atoms with Crippen molar-refractivity contribution in [3.05, 3.63) is 18.2 Å². The van der Waals surface area contributed by atoms with E-state index in [0.29, 0.717) is 12.1 Å². The lowest BCUT2D eigenvalue weighted by atomic mass is 10.2. The van der Waals surface area contributed by atoms with E-state index in [1.807, 2.05) is 12.5 Å². The quantitative estimate of drug-likeness (QED) is 0.732. The molecule has 0 aromatic carbocycles. The van der Waals surface area contributed by atoms with Crippen molar-refractivity contribution in [2.24, 2.45) is 0 Å². The van der Waals surface area contributed by atoms with Crippen LogP contribution in [0.3, 0.4) is 0 Å². The van der Waals surface area contributed by atoms with Crippen LogP contribution in [0.5, 0.6) is 0 Å². The van der Waals surface area contributed by atoms with Crippen molar-refractivity contribution in [2.75, 3.05) is 13.1 Å². The lowest BCUT2D eigenvalue weighted by molar-refractivity contribution is 0.175. The predicted octanol–water partition coefficient (Wildman–Crippen LogP) is 2.43. The van der Waals surface area contributed by atoms with Crippen molar-refractivity contribution in [3.8, 4) is 0 Å². The standard InChI is InChI=1S/C15H28N4/c1-12(2)18(13(3)4)8-7-16-9-15-10-17-11-19(15)14-5-6-14/h10-14,16H,5-9H2,1-4H3. The van der Waals surface area contributed by atoms with Crippen molar-refractivity contribution in [1.82, 2.24) is 19.8 Å². The largest absolute Gasteiger partial charge is 0.330 e. The molecule has 4 nitrogen and oxygen atoms in total. The van der Waals surface area contributed by atoms with Crippen LogP contribution in [0.25, 0.3) is 0 Å². The van der Waals surface area contributed by atoms with Crippen molar-refractivity contribution in [1.29, 1.82) is 0 Å². The highest BCUT2D eigenvalue weighted by atomic mass is 15.2. The Morgan fingerprint density at radius 2 is 2.00 bits per heavy atom. The van der Waals surface area contributed by atoms with Crippen molar-refractivity contribution in [2.45, 2.75) is 65.2 Å². The molecule has 108 valence electrons. The van der Waals surface area contributed by atoms with Gasteiger partial charge in [-0.3, -0.25) is 4.90 Å². The molecule has 1 aliphatic rings. The first-order valence-electron chi connectivity index (χ1n) is 7.56. The van der Waals surface area contributed by atoms with E-state index in [1.165, 1.54) is 18.5 Å². The van der Waals surface area contributed by atoms with E-state index in [-0.39, 0.29) is 0 Å². The average molecular weight is 264 g/mol. The van der Waals surface area contributed by atoms with Gasteiger partial charge in [-0.05, 0) is 40.5 Å². The molecular weight excluding hydrogens is 236 g/mol. The Hall–Kier alpha value is -0.870. The Balaban J connectivity index is 1.72. The molecule has 19 heavy (non-hydrogen) atoms. The number of nitrogens with one attached hydrogen (secondary N) is 1. The van der Waals surface area contributed by atoms with Crippen LogP contribution in [0.1, 0.15) is 52.3 Å². The normalized spacial score (nSPS) is 15.9. The van der Waals surface area contributed by atoms with Gasteiger partial charge in [0.2, 0.25) is 0 Å². The first kappa shape index (κ1) is 14.5. The fourth-order valence-electron chi connectivity index (χ4n) is 2.69. The molecular formula is C15H28N4. The van der Waals surface area contributed by atoms with Crippen molar-refractivity contribution >= 4 is 0 Å². The molecule has 0 radical (unpaired) electrons. The number of aromatic nitrogens is 2. The van der Waals surface area contributed by atoms with Crippen LogP contribution in [-0.2, 0) is 6.54 Å². The Kier molecular flexibility index (Phi) is 4.99. The fourth-order valence-corrected chi connectivity index (χ4v) is 2.69. The molecule has 1 saturated carbocycles. The van der Waals surface area contributed by atoms with Gasteiger partial charge in [-0.15, -0.1) is 0 Å². The summed E-state index contributed by atoms with van der Waals surface area (Å²) in [6, 6.07) is 1.94. The number of hydrogen-bond acceptors (Lipinski definition) is 3. The maximum absolute atomic E-state index is 4.27. The average Bonchev–Trinajstić information content (AvgIpc) is 3.08. The van der Waals surface area contributed by atoms with E-state index < -0.39 is 0 Å². The maximum Gasteiger partial charge on any atom is 0.0951 e. The van der Waals surface area contributed by atoms with E-state index >= 15 is 0 Å². The van der Waals surface area contributed by atoms with Crippen LogP contribution >= 0.6 is 0 Å². The van der Waals surface area contributed by atoms with Crippen LogP contribution in [0.15, 0.2) is 12.5 Å². The minimum atomic E-state index is 0.610. The van der Waals surface area contributed by atoms with Crippen molar-refractivity contribution in [3.63, 3.8) is 0 Å². The molecule has 1 aliphatic carbocycles. The summed E-state index contributed by atoms with van der Waals surface area (Å²) in [6.07, 6.45) is 6.60. The van der Waals surface area contributed by atoms with Crippen LogP contribution in [-0.4, -0.2) is 39.6 Å². The summed E-state index contributed by atoms with van der Waals surface area (Å²) >= 11 is 0. The second-order valence-electron chi connectivity index (χ2n) is 6.13. The first-order valence-corrected chi connectivity index (χ1v) is 7.56. The first-order chi connectivity index (χ1) is 9.09. The Morgan fingerprint density at radius 1 is 1.32 bits per heavy atom. The molecule has 1 fully saturated rings. The number of imidazole rings is 1. The number of hydrogen-bond donors (Lipinski definition) is 1. The van der Waals surface area contributed by atoms with Gasteiger partial charge in [-0.2, -0.15) is 0 Å². The van der Waals surface area contributed by atoms with Crippen LogP contribution < -0.4 is 5.32 Å². The zero-order valence-electron chi connectivity index (χ0n) is 12.8. The summed E-state index contributed by atoms with van der Waals surface area (Å²) in [5.74, 6) is 0. The summed E-state index contributed by atoms with van der Waals surface area (Å²) in [4.78, 5) is 6.79. The molecule has 0 amide bonds. The van der Waals surface area contributed by atoms with Crippen LogP contribution in [0, 0.1) is 0 Å². The molecule has 0 unspecified atom stereocenters. The third-order valence-electron chi connectivity index (χ3n) is 3.87. The van der Waals surface area contributed by atoms with E-state index in [1.54, 1.807) is 0 Å². The molecule has 1 aromatic rings. The SMILES string of the molecule is CC(C)N(CCNCc1cncn1C1CC1)C(C)C.